The fraction of sp³-hybridized carbons (Fsp3) is 0.467. The zero-order valence-corrected chi connectivity index (χ0v) is 25.2. The van der Waals surface area contributed by atoms with Crippen LogP contribution in [-0.4, -0.2) is 98.1 Å². The van der Waals surface area contributed by atoms with Gasteiger partial charge in [0.25, 0.3) is 11.5 Å². The lowest BCUT2D eigenvalue weighted by Crippen LogP contribution is -2.37. The van der Waals surface area contributed by atoms with Gasteiger partial charge in [0.15, 0.2) is 0 Å². The van der Waals surface area contributed by atoms with Gasteiger partial charge in [0.1, 0.15) is 5.82 Å². The zero-order chi connectivity index (χ0) is 32.3. The number of carbonyl (C=O) groups excluding carboxylic acids is 1. The summed E-state index contributed by atoms with van der Waals surface area (Å²) in [7, 11) is 4.83. The van der Waals surface area contributed by atoms with E-state index in [-0.39, 0.29) is 17.3 Å². The summed E-state index contributed by atoms with van der Waals surface area (Å²) < 4.78 is 68.8. The predicted octanol–water partition coefficient (Wildman–Crippen LogP) is 3.25. The van der Waals surface area contributed by atoms with Crippen molar-refractivity contribution in [2.45, 2.75) is 18.6 Å². The Kier molecular flexibility index (Phi) is 9.70. The first-order valence-corrected chi connectivity index (χ1v) is 14.5. The average Bonchev–Trinajstić information content (AvgIpc) is 3.52. The number of nitrogens with one attached hydrogen (secondary N) is 1. The minimum absolute atomic E-state index is 0.0621. The Labute approximate surface area is 257 Å². The Bertz CT molecular complexity index is 1580. The average molecular weight is 634 g/mol. The molecule has 242 valence electrons. The number of alkyl halides is 3. The largest absolute Gasteiger partial charge is 0.417 e. The lowest BCUT2D eigenvalue weighted by Gasteiger charge is -2.27. The van der Waals surface area contributed by atoms with Gasteiger partial charge in [-0.2, -0.15) is 13.2 Å². The Balaban J connectivity index is 1.51. The highest BCUT2D eigenvalue weighted by molar-refractivity contribution is 6.07. The highest BCUT2D eigenvalue weighted by Crippen LogP contribution is 2.37. The first-order valence-electron chi connectivity index (χ1n) is 14.5. The molecule has 2 aliphatic rings. The topological polar surface area (TPSA) is 105 Å². The van der Waals surface area contributed by atoms with Crippen LogP contribution in [0.2, 0.25) is 0 Å². The van der Waals surface area contributed by atoms with Crippen molar-refractivity contribution in [2.24, 2.45) is 7.05 Å². The number of amides is 1. The van der Waals surface area contributed by atoms with Crippen LogP contribution in [0.1, 0.15) is 22.3 Å². The van der Waals surface area contributed by atoms with Crippen molar-refractivity contribution < 1.29 is 31.8 Å². The maximum Gasteiger partial charge on any atom is 0.417 e. The second-order valence-corrected chi connectivity index (χ2v) is 11.1. The minimum atomic E-state index is -4.95. The normalized spacial score (nSPS) is 17.3. The van der Waals surface area contributed by atoms with Gasteiger partial charge in [0, 0.05) is 88.7 Å². The van der Waals surface area contributed by atoms with E-state index in [2.05, 4.69) is 20.2 Å². The number of morpholine rings is 1. The number of halogens is 4. The van der Waals surface area contributed by atoms with Gasteiger partial charge in [-0.15, -0.1) is 0 Å². The third-order valence-electron chi connectivity index (χ3n) is 8.13. The van der Waals surface area contributed by atoms with Crippen molar-refractivity contribution >= 4 is 23.2 Å². The summed E-state index contributed by atoms with van der Waals surface area (Å²) in [5, 5.41) is 2.58. The molecule has 11 nitrogen and oxygen atoms in total. The van der Waals surface area contributed by atoms with Crippen molar-refractivity contribution in [3.8, 4) is 11.1 Å². The number of nitrogens with zero attached hydrogens (tertiary/aromatic N) is 6. The lowest BCUT2D eigenvalue weighted by molar-refractivity contribution is -0.138. The number of rotatable bonds is 9. The maximum atomic E-state index is 15.8. The molecule has 1 amide bonds. The summed E-state index contributed by atoms with van der Waals surface area (Å²) in [5.74, 6) is -1.24. The van der Waals surface area contributed by atoms with Crippen LogP contribution in [0.5, 0.6) is 0 Å². The molecular weight excluding hydrogens is 598 g/mol. The van der Waals surface area contributed by atoms with Crippen LogP contribution in [0.4, 0.5) is 34.9 Å². The van der Waals surface area contributed by atoms with Crippen molar-refractivity contribution in [3.63, 3.8) is 0 Å². The molecule has 1 aromatic carbocycles. The van der Waals surface area contributed by atoms with Crippen LogP contribution in [-0.2, 0) is 22.7 Å². The Morgan fingerprint density at radius 1 is 1.13 bits per heavy atom. The zero-order valence-electron chi connectivity index (χ0n) is 25.2. The van der Waals surface area contributed by atoms with E-state index in [1.807, 2.05) is 16.8 Å². The Morgan fingerprint density at radius 3 is 2.51 bits per heavy atom. The van der Waals surface area contributed by atoms with E-state index in [9.17, 15) is 22.8 Å². The summed E-state index contributed by atoms with van der Waals surface area (Å²) >= 11 is 0. The first-order chi connectivity index (χ1) is 21.5. The number of likely N-dealkylation sites (N-methyl/N-ethyl adjacent to an activating group) is 1. The van der Waals surface area contributed by atoms with Gasteiger partial charge >= 0.3 is 6.18 Å². The van der Waals surface area contributed by atoms with Gasteiger partial charge in [-0.3, -0.25) is 14.5 Å². The van der Waals surface area contributed by atoms with Crippen LogP contribution >= 0.6 is 0 Å². The molecule has 0 spiro atoms. The van der Waals surface area contributed by atoms with Crippen LogP contribution in [0.15, 0.2) is 41.6 Å². The number of ether oxygens (including phenoxy) is 2. The molecule has 0 bridgehead atoms. The SMILES string of the molecule is COCCN(C)C1CCN(c2cc(F)c(-c3cnc(N4CCOCC4)nc3)cc2NC(=O)c2cn(C)c(=O)cc2C(F)(F)F)C1. The summed E-state index contributed by atoms with van der Waals surface area (Å²) in [6.45, 7) is 4.53. The summed E-state index contributed by atoms with van der Waals surface area (Å²) in [4.78, 5) is 40.2. The maximum absolute atomic E-state index is 15.8. The number of aryl methyl sites for hydroxylation is 1. The molecule has 1 N–H and O–H groups in total. The predicted molar refractivity (Wildman–Crippen MR) is 160 cm³/mol. The molecule has 1 unspecified atom stereocenters. The number of carbonyl (C=O) groups is 1. The van der Waals surface area contributed by atoms with E-state index in [1.165, 1.54) is 31.6 Å². The van der Waals surface area contributed by atoms with E-state index in [1.54, 1.807) is 7.11 Å². The molecule has 1 atom stereocenters. The molecule has 45 heavy (non-hydrogen) atoms. The highest BCUT2D eigenvalue weighted by atomic mass is 19.4. The number of anilines is 3. The van der Waals surface area contributed by atoms with Crippen molar-refractivity contribution in [1.82, 2.24) is 19.4 Å². The monoisotopic (exact) mass is 633 g/mol. The molecule has 0 radical (unpaired) electrons. The third kappa shape index (κ3) is 7.26. The molecule has 5 rings (SSSR count). The standard InChI is InChI=1S/C30H35F4N7O4/c1-38(6-9-44-3)20-4-5-41(17-20)26-14-24(31)21(19-15-35-29(36-16-19)40-7-10-45-11-8-40)12-25(26)37-28(43)22-18-39(2)27(42)13-23(22)30(32,33)34/h12-16,18,20H,4-11,17H2,1-3H3,(H,37,43). The minimum Gasteiger partial charge on any atom is -0.383 e. The molecule has 2 aliphatic heterocycles. The van der Waals surface area contributed by atoms with Gasteiger partial charge in [0.2, 0.25) is 5.95 Å². The van der Waals surface area contributed by atoms with E-state index in [4.69, 9.17) is 9.47 Å². The van der Waals surface area contributed by atoms with Crippen molar-refractivity contribution in [2.75, 3.05) is 81.8 Å². The number of pyridine rings is 1. The second kappa shape index (κ2) is 13.5. The molecule has 2 aromatic heterocycles. The molecule has 4 heterocycles. The van der Waals surface area contributed by atoms with Crippen LogP contribution < -0.4 is 20.7 Å². The van der Waals surface area contributed by atoms with Crippen LogP contribution in [0.25, 0.3) is 11.1 Å². The molecular formula is C30H35F4N7O4. The van der Waals surface area contributed by atoms with Gasteiger partial charge < -0.3 is 29.2 Å². The van der Waals surface area contributed by atoms with Crippen molar-refractivity contribution in [1.29, 1.82) is 0 Å². The van der Waals surface area contributed by atoms with Gasteiger partial charge in [-0.1, -0.05) is 0 Å². The number of methoxy groups -OCH3 is 1. The van der Waals surface area contributed by atoms with Gasteiger partial charge in [-0.05, 0) is 25.6 Å². The number of aromatic nitrogens is 3. The van der Waals surface area contributed by atoms with E-state index < -0.39 is 34.6 Å². The van der Waals surface area contributed by atoms with Crippen LogP contribution in [0.3, 0.4) is 0 Å². The molecule has 0 saturated carbocycles. The molecule has 0 aliphatic carbocycles. The number of benzene rings is 1. The molecule has 2 saturated heterocycles. The highest BCUT2D eigenvalue weighted by Gasteiger charge is 2.37. The summed E-state index contributed by atoms with van der Waals surface area (Å²) in [5.41, 5.74) is -2.20. The third-order valence-corrected chi connectivity index (χ3v) is 8.13. The fourth-order valence-electron chi connectivity index (χ4n) is 5.51. The summed E-state index contributed by atoms with van der Waals surface area (Å²) in [6, 6.07) is 3.14. The second-order valence-electron chi connectivity index (χ2n) is 11.1. The Hall–Kier alpha value is -4.08. The van der Waals surface area contributed by atoms with E-state index in [0.717, 1.165) is 17.2 Å². The smallest absolute Gasteiger partial charge is 0.383 e. The molecule has 15 heteroatoms. The fourth-order valence-corrected chi connectivity index (χ4v) is 5.51. The lowest BCUT2D eigenvalue weighted by atomic mass is 10.0. The molecule has 2 fully saturated rings. The number of hydrogen-bond donors (Lipinski definition) is 1. The quantitative estimate of drug-likeness (QED) is 0.356. The van der Waals surface area contributed by atoms with E-state index >= 15 is 4.39 Å². The van der Waals surface area contributed by atoms with E-state index in [0.29, 0.717) is 75.8 Å². The number of hydrogen-bond acceptors (Lipinski definition) is 9. The first kappa shape index (κ1) is 32.3. The van der Waals surface area contributed by atoms with Crippen LogP contribution in [0, 0.1) is 5.82 Å². The van der Waals surface area contributed by atoms with Gasteiger partial charge in [-0.25, -0.2) is 14.4 Å². The molecule has 3 aromatic rings. The summed E-state index contributed by atoms with van der Waals surface area (Å²) in [6.07, 6.45) is -0.433. The Morgan fingerprint density at radius 2 is 1.84 bits per heavy atom. The van der Waals surface area contributed by atoms with Gasteiger partial charge in [0.05, 0.1) is 42.3 Å². The van der Waals surface area contributed by atoms with Crippen molar-refractivity contribution in [3.05, 3.63) is 64.1 Å².